The molecule has 0 radical (unpaired) electrons. The van der Waals surface area contributed by atoms with Crippen molar-refractivity contribution in [2.45, 2.75) is 0 Å². The molecule has 0 bridgehead atoms. The molecule has 0 amide bonds. The van der Waals surface area contributed by atoms with Crippen LogP contribution in [0.15, 0.2) is 59.5 Å². The molecule has 2 heterocycles. The van der Waals surface area contributed by atoms with E-state index in [9.17, 15) is 4.79 Å². The number of benzene rings is 1. The fourth-order valence-corrected chi connectivity index (χ4v) is 1.96. The minimum Gasteiger partial charge on any atom is -0.496 e. The van der Waals surface area contributed by atoms with Crippen molar-refractivity contribution in [3.63, 3.8) is 0 Å². The highest BCUT2D eigenvalue weighted by atomic mass is 16.6. The largest absolute Gasteiger partial charge is 0.496 e. The Morgan fingerprint density at radius 2 is 1.90 bits per heavy atom. The van der Waals surface area contributed by atoms with Gasteiger partial charge in [-0.15, -0.1) is 0 Å². The Morgan fingerprint density at radius 3 is 2.67 bits per heavy atom. The number of para-hydroxylation sites is 1. The molecule has 5 nitrogen and oxygen atoms in total. The van der Waals surface area contributed by atoms with Crippen LogP contribution in [-0.4, -0.2) is 24.0 Å². The topological polar surface area (TPSA) is 60.8 Å². The third-order valence-electron chi connectivity index (χ3n) is 2.97. The first-order chi connectivity index (χ1) is 10.3. The van der Waals surface area contributed by atoms with E-state index in [0.29, 0.717) is 11.3 Å². The zero-order valence-electron chi connectivity index (χ0n) is 11.3. The van der Waals surface area contributed by atoms with E-state index in [1.54, 1.807) is 49.8 Å². The number of hydrogen-bond acceptors (Lipinski definition) is 5. The van der Waals surface area contributed by atoms with Crippen LogP contribution < -0.4 is 4.74 Å². The van der Waals surface area contributed by atoms with Gasteiger partial charge < -0.3 is 9.47 Å². The molecule has 0 N–H and O–H groups in total. The van der Waals surface area contributed by atoms with Gasteiger partial charge in [0.05, 0.1) is 12.7 Å². The van der Waals surface area contributed by atoms with Crippen LogP contribution in [0, 0.1) is 0 Å². The first kappa shape index (κ1) is 13.1. The average Bonchev–Trinajstić information content (AvgIpc) is 2.89. The molecule has 1 aromatic heterocycles. The Hall–Kier alpha value is -2.95. The maximum Gasteiger partial charge on any atom is 0.363 e. The van der Waals surface area contributed by atoms with Crippen LogP contribution in [0.1, 0.15) is 11.1 Å². The Morgan fingerprint density at radius 1 is 1.14 bits per heavy atom. The number of aromatic nitrogens is 1. The highest BCUT2D eigenvalue weighted by Crippen LogP contribution is 2.24. The SMILES string of the molecule is COc1ccccc1C1=NC(=Cc2ccncc2)C(=O)O1. The Labute approximate surface area is 121 Å². The molecule has 0 aliphatic carbocycles. The Bertz CT molecular complexity index is 736. The lowest BCUT2D eigenvalue weighted by Crippen LogP contribution is -2.06. The van der Waals surface area contributed by atoms with E-state index in [4.69, 9.17) is 9.47 Å². The molecule has 1 aromatic carbocycles. The predicted molar refractivity (Wildman–Crippen MR) is 77.8 cm³/mol. The maximum atomic E-state index is 11.9. The molecule has 3 rings (SSSR count). The summed E-state index contributed by atoms with van der Waals surface area (Å²) >= 11 is 0. The molecule has 104 valence electrons. The maximum absolute atomic E-state index is 11.9. The zero-order chi connectivity index (χ0) is 14.7. The molecule has 1 aliphatic heterocycles. The van der Waals surface area contributed by atoms with Crippen LogP contribution in [0.3, 0.4) is 0 Å². The summed E-state index contributed by atoms with van der Waals surface area (Å²) in [6.45, 7) is 0. The molecule has 2 aromatic rings. The molecule has 0 spiro atoms. The van der Waals surface area contributed by atoms with Crippen LogP contribution in [0.5, 0.6) is 5.75 Å². The number of nitrogens with zero attached hydrogens (tertiary/aromatic N) is 2. The van der Waals surface area contributed by atoms with Gasteiger partial charge in [0.1, 0.15) is 5.75 Å². The molecule has 0 fully saturated rings. The monoisotopic (exact) mass is 280 g/mol. The van der Waals surface area contributed by atoms with E-state index in [0.717, 1.165) is 5.56 Å². The summed E-state index contributed by atoms with van der Waals surface area (Å²) < 4.78 is 10.5. The van der Waals surface area contributed by atoms with E-state index < -0.39 is 5.97 Å². The van der Waals surface area contributed by atoms with Gasteiger partial charge in [-0.1, -0.05) is 12.1 Å². The van der Waals surface area contributed by atoms with E-state index >= 15 is 0 Å². The third kappa shape index (κ3) is 2.67. The van der Waals surface area contributed by atoms with Crippen LogP contribution in [0.25, 0.3) is 6.08 Å². The number of aliphatic imine (C=N–C) groups is 1. The number of carbonyl (C=O) groups is 1. The van der Waals surface area contributed by atoms with Crippen molar-refractivity contribution in [2.24, 2.45) is 4.99 Å². The van der Waals surface area contributed by atoms with Gasteiger partial charge in [0.25, 0.3) is 0 Å². The number of ether oxygens (including phenoxy) is 2. The first-order valence-corrected chi connectivity index (χ1v) is 6.34. The molecule has 5 heteroatoms. The second-order valence-corrected chi connectivity index (χ2v) is 4.32. The fourth-order valence-electron chi connectivity index (χ4n) is 1.96. The van der Waals surface area contributed by atoms with E-state index in [1.807, 2.05) is 12.1 Å². The predicted octanol–water partition coefficient (Wildman–Crippen LogP) is 2.43. The van der Waals surface area contributed by atoms with Gasteiger partial charge in [0.2, 0.25) is 5.90 Å². The number of rotatable bonds is 3. The molecule has 0 saturated heterocycles. The highest BCUT2D eigenvalue weighted by molar-refractivity contribution is 6.13. The van der Waals surface area contributed by atoms with Crippen molar-refractivity contribution < 1.29 is 14.3 Å². The summed E-state index contributed by atoms with van der Waals surface area (Å²) in [7, 11) is 1.56. The highest BCUT2D eigenvalue weighted by Gasteiger charge is 2.25. The molecule has 0 saturated carbocycles. The second-order valence-electron chi connectivity index (χ2n) is 4.32. The number of esters is 1. The number of methoxy groups -OCH3 is 1. The third-order valence-corrected chi connectivity index (χ3v) is 2.97. The summed E-state index contributed by atoms with van der Waals surface area (Å²) in [5.41, 5.74) is 1.73. The van der Waals surface area contributed by atoms with Gasteiger partial charge >= 0.3 is 5.97 Å². The fraction of sp³-hybridized carbons (Fsp3) is 0.0625. The molecule has 0 unspecified atom stereocenters. The minimum absolute atomic E-state index is 0.248. The summed E-state index contributed by atoms with van der Waals surface area (Å²) in [4.78, 5) is 20.1. The summed E-state index contributed by atoms with van der Waals surface area (Å²) in [6.07, 6.45) is 4.96. The number of cyclic esters (lactones) is 1. The molecule has 0 atom stereocenters. The van der Waals surface area contributed by atoms with Crippen LogP contribution >= 0.6 is 0 Å². The van der Waals surface area contributed by atoms with Gasteiger partial charge in [0, 0.05) is 12.4 Å². The molecular formula is C16H12N2O3. The van der Waals surface area contributed by atoms with Crippen LogP contribution in [0.2, 0.25) is 0 Å². The Balaban J connectivity index is 1.98. The smallest absolute Gasteiger partial charge is 0.363 e. The standard InChI is InChI=1S/C16H12N2O3/c1-20-14-5-3-2-4-12(14)15-18-13(16(19)21-15)10-11-6-8-17-9-7-11/h2-10H,1H3. The quantitative estimate of drug-likeness (QED) is 0.640. The molecular weight excluding hydrogens is 268 g/mol. The van der Waals surface area contributed by atoms with Crippen LogP contribution in [-0.2, 0) is 9.53 Å². The van der Waals surface area contributed by atoms with Crippen molar-refractivity contribution in [1.29, 1.82) is 0 Å². The van der Waals surface area contributed by atoms with E-state index in [-0.39, 0.29) is 11.6 Å². The summed E-state index contributed by atoms with van der Waals surface area (Å²) in [6, 6.07) is 10.8. The van der Waals surface area contributed by atoms with Gasteiger partial charge in [-0.2, -0.15) is 0 Å². The summed E-state index contributed by atoms with van der Waals surface area (Å²) in [5.74, 6) is 0.375. The normalized spacial score (nSPS) is 15.8. The lowest BCUT2D eigenvalue weighted by atomic mass is 10.2. The molecule has 21 heavy (non-hydrogen) atoms. The summed E-state index contributed by atoms with van der Waals surface area (Å²) in [5, 5.41) is 0. The van der Waals surface area contributed by atoms with Gasteiger partial charge in [-0.25, -0.2) is 9.79 Å². The number of carbonyl (C=O) groups excluding carboxylic acids is 1. The number of pyridine rings is 1. The lowest BCUT2D eigenvalue weighted by Gasteiger charge is -2.05. The van der Waals surface area contributed by atoms with Crippen molar-refractivity contribution in [3.8, 4) is 5.75 Å². The van der Waals surface area contributed by atoms with Crippen LogP contribution in [0.4, 0.5) is 0 Å². The number of hydrogen-bond donors (Lipinski definition) is 0. The van der Waals surface area contributed by atoms with E-state index in [1.165, 1.54) is 0 Å². The van der Waals surface area contributed by atoms with Crippen molar-refractivity contribution >= 4 is 17.9 Å². The van der Waals surface area contributed by atoms with Gasteiger partial charge in [0.15, 0.2) is 5.70 Å². The molecule has 1 aliphatic rings. The first-order valence-electron chi connectivity index (χ1n) is 6.34. The lowest BCUT2D eigenvalue weighted by molar-refractivity contribution is -0.129. The zero-order valence-corrected chi connectivity index (χ0v) is 11.3. The van der Waals surface area contributed by atoms with Crippen molar-refractivity contribution in [3.05, 3.63) is 65.6 Å². The van der Waals surface area contributed by atoms with Gasteiger partial charge in [-0.3, -0.25) is 4.98 Å². The minimum atomic E-state index is -0.479. The van der Waals surface area contributed by atoms with Crippen molar-refractivity contribution in [1.82, 2.24) is 4.98 Å². The Kier molecular flexibility index (Phi) is 3.47. The van der Waals surface area contributed by atoms with Gasteiger partial charge in [-0.05, 0) is 35.9 Å². The van der Waals surface area contributed by atoms with Crippen molar-refractivity contribution in [2.75, 3.05) is 7.11 Å². The second kappa shape index (κ2) is 5.58. The average molecular weight is 280 g/mol. The van der Waals surface area contributed by atoms with E-state index in [2.05, 4.69) is 9.98 Å².